The van der Waals surface area contributed by atoms with E-state index < -0.39 is 169 Å². The summed E-state index contributed by atoms with van der Waals surface area (Å²) in [6, 6.07) is 16.9. The van der Waals surface area contributed by atoms with Crippen LogP contribution < -0.4 is 65.1 Å². The molecule has 2 fully saturated rings. The molecule has 0 bridgehead atoms. The van der Waals surface area contributed by atoms with Gasteiger partial charge < -0.3 is 90.6 Å². The molecule has 0 saturated carbocycles. The van der Waals surface area contributed by atoms with E-state index in [1.54, 1.807) is 37.8 Å². The predicted octanol–water partition coefficient (Wildman–Crippen LogP) is -1.30. The van der Waals surface area contributed by atoms with Crippen LogP contribution in [0.4, 0.5) is 10.5 Å². The van der Waals surface area contributed by atoms with Crippen LogP contribution in [0.1, 0.15) is 48.4 Å². The highest BCUT2D eigenvalue weighted by molar-refractivity contribution is 8.76. The number of fused-ring (bicyclic) bond motifs is 1. The molecule has 11 amide bonds. The Hall–Kier alpha value is -10.2. The van der Waals surface area contributed by atoms with Crippen molar-refractivity contribution in [1.29, 1.82) is 0 Å². The third kappa shape index (κ3) is 29.7. The van der Waals surface area contributed by atoms with Gasteiger partial charge in [0.25, 0.3) is 0 Å². The highest BCUT2D eigenvalue weighted by Crippen LogP contribution is 2.25. The van der Waals surface area contributed by atoms with Crippen LogP contribution >= 0.6 is 33.2 Å². The third-order valence-electron chi connectivity index (χ3n) is 18.1. The largest absolute Gasteiger partial charge is 0.508 e. The van der Waals surface area contributed by atoms with E-state index in [2.05, 4.69) is 47.9 Å². The number of primary amides is 2. The molecule has 20 N–H and O–H groups in total. The lowest BCUT2D eigenvalue weighted by molar-refractivity contribution is -0.140. The second-order valence-electron chi connectivity index (χ2n) is 26.7. The summed E-state index contributed by atoms with van der Waals surface area (Å²) < 4.78 is 0. The minimum atomic E-state index is -1.84. The number of carbonyl (C=O) groups is 13. The lowest BCUT2D eigenvalue weighted by Crippen LogP contribution is -2.62. The standard InChI is InChI=1S/C73H95ClN16O18S2/c1-43(91)64-72(107)85-59(70(105)81-54(65(76)100)36-47-9-16-48-6-2-3-7-49(48)32-47)42-110-109-41-58(71(106)83-57(35-46-14-21-52(92)22-15-46)69(104)82-56(34-45-12-19-51(20-13-45)78-73(77)108)68(103)80-53(66(101)86-64)8-4-5-23-75)84-67(102)55(33-44-10-17-50(74)18-11-44)79-60(93)37-87-24-26-88(38-61(94)95)28-30-90(40-63(98)99)31-29-89(27-25-87)39-62(96)97/h2-3,6-7,9-22,32,43,53-59,64,91-92H,4-5,8,23-31,33-42,75H2,1H3,(H2,76,100)(H,79,93)(H,80,103)(H,81,105)(H,82,104)(H,83,106)(H,84,102)(H,85,107)(H,86,101)(H,94,95)(H,96,97)(H,98,99)(H3,77,78,108)/t43-,53+,54+,55+,56-,57+,58-,59+,64+/m1/s1. The number of aliphatic carboxylic acids is 3. The molecule has 2 aliphatic heterocycles. The van der Waals surface area contributed by atoms with Crippen LogP contribution in [0.25, 0.3) is 10.8 Å². The quantitative estimate of drug-likeness (QED) is 0.0204. The number of nitrogens with one attached hydrogen (secondary N) is 9. The number of nitrogens with two attached hydrogens (primary N) is 3. The molecule has 2 aliphatic rings. The molecule has 0 aliphatic carbocycles. The first-order chi connectivity index (χ1) is 52.5. The van der Waals surface area contributed by atoms with Gasteiger partial charge in [-0.05, 0) is 102 Å². The number of unbranched alkanes of at least 4 members (excludes halogenated alkanes) is 1. The number of urea groups is 1. The molecule has 110 heavy (non-hydrogen) atoms. The number of halogens is 1. The number of rotatable bonds is 28. The predicted molar refractivity (Wildman–Crippen MR) is 411 cm³/mol. The number of aromatic hydroxyl groups is 1. The minimum absolute atomic E-state index is 0.0238. The number of aliphatic hydroxyl groups is 1. The van der Waals surface area contributed by atoms with Gasteiger partial charge in [0.2, 0.25) is 53.2 Å². The molecule has 594 valence electrons. The Kier molecular flexibility index (Phi) is 34.7. The molecule has 2 saturated heterocycles. The summed E-state index contributed by atoms with van der Waals surface area (Å²) in [7, 11) is 1.75. The van der Waals surface area contributed by atoms with E-state index in [-0.39, 0.29) is 109 Å². The first kappa shape index (κ1) is 87.1. The summed E-state index contributed by atoms with van der Waals surface area (Å²) in [4.78, 5) is 187. The molecular weight excluding hydrogens is 1490 g/mol. The Labute approximate surface area is 647 Å². The summed E-state index contributed by atoms with van der Waals surface area (Å²) in [6.07, 6.45) is -2.25. The second-order valence-corrected chi connectivity index (χ2v) is 29.7. The number of hydrogen-bond acceptors (Lipinski definition) is 22. The third-order valence-corrected chi connectivity index (χ3v) is 20.7. The van der Waals surface area contributed by atoms with Crippen LogP contribution in [-0.4, -0.2) is 273 Å². The zero-order chi connectivity index (χ0) is 80.0. The lowest BCUT2D eigenvalue weighted by Gasteiger charge is -2.33. The monoisotopic (exact) mass is 1580 g/mol. The topological polar surface area (TPSA) is 522 Å². The van der Waals surface area contributed by atoms with Gasteiger partial charge in [-0.2, -0.15) is 0 Å². The van der Waals surface area contributed by atoms with Crippen molar-refractivity contribution in [2.45, 2.75) is 106 Å². The van der Waals surface area contributed by atoms with Crippen LogP contribution in [0.3, 0.4) is 0 Å². The number of nitrogens with zero attached hydrogens (tertiary/aromatic N) is 4. The van der Waals surface area contributed by atoms with Crippen LogP contribution in [0.15, 0.2) is 115 Å². The van der Waals surface area contributed by atoms with E-state index in [1.807, 2.05) is 36.4 Å². The van der Waals surface area contributed by atoms with Crippen molar-refractivity contribution in [2.75, 3.05) is 102 Å². The van der Waals surface area contributed by atoms with E-state index in [9.17, 15) is 68.7 Å². The number of carboxylic acid groups (broad SMARTS) is 3. The maximum atomic E-state index is 15.5. The number of carbonyl (C=O) groups excluding carboxylic acids is 10. The van der Waals surface area contributed by atoms with Crippen molar-refractivity contribution >= 4 is 127 Å². The van der Waals surface area contributed by atoms with Crippen molar-refractivity contribution in [2.24, 2.45) is 17.2 Å². The fourth-order valence-electron chi connectivity index (χ4n) is 12.1. The van der Waals surface area contributed by atoms with Gasteiger partial charge in [0.1, 0.15) is 54.1 Å². The molecule has 5 aromatic carbocycles. The van der Waals surface area contributed by atoms with Gasteiger partial charge in [-0.3, -0.25) is 77.1 Å². The molecule has 0 unspecified atom stereocenters. The number of anilines is 1. The number of carboxylic acids is 3. The Morgan fingerprint density at radius 3 is 1.55 bits per heavy atom. The lowest BCUT2D eigenvalue weighted by atomic mass is 10.0. The summed E-state index contributed by atoms with van der Waals surface area (Å²) in [5, 5.41) is 76.9. The number of benzene rings is 5. The summed E-state index contributed by atoms with van der Waals surface area (Å²) in [5.74, 6) is -13.2. The molecular formula is C73H95ClN16O18S2. The van der Waals surface area contributed by atoms with E-state index in [0.29, 0.717) is 33.7 Å². The highest BCUT2D eigenvalue weighted by Gasteiger charge is 2.38. The Bertz CT molecular complexity index is 3990. The molecule has 7 rings (SSSR count). The summed E-state index contributed by atoms with van der Waals surface area (Å²) in [5.41, 5.74) is 19.2. The van der Waals surface area contributed by atoms with Crippen molar-refractivity contribution in [3.8, 4) is 5.75 Å². The van der Waals surface area contributed by atoms with Crippen LogP contribution in [0, 0.1) is 0 Å². The number of aliphatic hydroxyl groups excluding tert-OH is 1. The minimum Gasteiger partial charge on any atom is -0.508 e. The van der Waals surface area contributed by atoms with Crippen LogP contribution in [0.5, 0.6) is 5.75 Å². The van der Waals surface area contributed by atoms with Crippen LogP contribution in [0.2, 0.25) is 5.02 Å². The number of amides is 11. The van der Waals surface area contributed by atoms with Gasteiger partial charge in [0.15, 0.2) is 0 Å². The van der Waals surface area contributed by atoms with Gasteiger partial charge in [-0.25, -0.2) is 4.79 Å². The number of phenols is 1. The molecule has 37 heteroatoms. The van der Waals surface area contributed by atoms with E-state index in [1.165, 1.54) is 67.6 Å². The smallest absolute Gasteiger partial charge is 0.317 e. The highest BCUT2D eigenvalue weighted by atomic mass is 35.5. The molecule has 0 spiro atoms. The molecule has 0 radical (unpaired) electrons. The Morgan fingerprint density at radius 1 is 0.545 bits per heavy atom. The molecule has 34 nitrogen and oxygen atoms in total. The summed E-state index contributed by atoms with van der Waals surface area (Å²) in [6.45, 7) is 0.113. The van der Waals surface area contributed by atoms with Crippen LogP contribution in [-0.2, 0) is 83.2 Å². The fourth-order valence-corrected chi connectivity index (χ4v) is 14.6. The van der Waals surface area contributed by atoms with E-state index in [0.717, 1.165) is 32.4 Å². The molecule has 5 aromatic rings. The first-order valence-electron chi connectivity index (χ1n) is 35.5. The first-order valence-corrected chi connectivity index (χ1v) is 38.4. The summed E-state index contributed by atoms with van der Waals surface area (Å²) >= 11 is 6.31. The zero-order valence-corrected chi connectivity index (χ0v) is 62.9. The van der Waals surface area contributed by atoms with Gasteiger partial charge in [0.05, 0.1) is 32.3 Å². The Morgan fingerprint density at radius 2 is 1.03 bits per heavy atom. The van der Waals surface area contributed by atoms with Gasteiger partial charge in [-0.15, -0.1) is 0 Å². The van der Waals surface area contributed by atoms with Crippen molar-refractivity contribution in [3.63, 3.8) is 0 Å². The number of phenolic OH excluding ortho intramolecular Hbond substituents is 1. The van der Waals surface area contributed by atoms with Crippen molar-refractivity contribution in [3.05, 3.63) is 143 Å². The second kappa shape index (κ2) is 43.9. The maximum Gasteiger partial charge on any atom is 0.317 e. The molecule has 2 heterocycles. The zero-order valence-electron chi connectivity index (χ0n) is 60.5. The number of hydrogen-bond donors (Lipinski definition) is 17. The normalized spacial score (nSPS) is 20.5. The maximum absolute atomic E-state index is 15.5. The average molecular weight is 1580 g/mol. The molecule has 9 atom stereocenters. The molecule has 0 aromatic heterocycles. The van der Waals surface area contributed by atoms with E-state index >= 15 is 19.2 Å². The SMILES string of the molecule is C[C@@H](O)[C@@H]1NC(=O)[C@H](CCCCN)NC(=O)[C@@H](Cc2ccc(NC(N)=O)cc2)NC(=O)[C@H](Cc2ccc(O)cc2)NC(=O)[C@H](NC(=O)[C@H](Cc2ccc(Cl)cc2)NC(=O)CN2CCN(CC(=O)O)CCN(CC(=O)O)CCN(CC(=O)O)CC2)CSSC[C@@H](C(=O)N[C@@H](Cc2ccc3ccccc3c2)C(N)=O)NC1=O. The van der Waals surface area contributed by atoms with Gasteiger partial charge >= 0.3 is 23.9 Å². The van der Waals surface area contributed by atoms with Gasteiger partial charge in [-0.1, -0.05) is 112 Å². The van der Waals surface area contributed by atoms with Crippen molar-refractivity contribution in [1.82, 2.24) is 62.1 Å². The van der Waals surface area contributed by atoms with Crippen molar-refractivity contribution < 1.29 is 87.9 Å². The fraction of sp³-hybridized carbons (Fsp3) is 0.438. The average Bonchev–Trinajstić information content (AvgIpc) is 0.841. The van der Waals surface area contributed by atoms with E-state index in [4.69, 9.17) is 28.8 Å². The van der Waals surface area contributed by atoms with Gasteiger partial charge in [0, 0.05) is 100 Å². The Balaban J connectivity index is 1.29.